The molecule has 0 radical (unpaired) electrons. The van der Waals surface area contributed by atoms with E-state index in [9.17, 15) is 0 Å². The van der Waals surface area contributed by atoms with E-state index in [4.69, 9.17) is 11.8 Å². The molecule has 0 saturated carbocycles. The molecule has 0 rings (SSSR count). The van der Waals surface area contributed by atoms with Crippen molar-refractivity contribution in [1.82, 2.24) is 4.84 Å². The van der Waals surface area contributed by atoms with Crippen molar-refractivity contribution in [2.45, 2.75) is 19.8 Å². The van der Waals surface area contributed by atoms with Gasteiger partial charge in [-0.2, -0.15) is 0 Å². The first kappa shape index (κ1) is 11.2. The lowest BCUT2D eigenvalue weighted by atomic mass is 10.3. The van der Waals surface area contributed by atoms with Crippen LogP contribution in [0.25, 0.3) is 0 Å². The van der Waals surface area contributed by atoms with E-state index in [2.05, 4.69) is 25.9 Å². The van der Waals surface area contributed by atoms with E-state index >= 15 is 0 Å². The molecule has 0 unspecified atom stereocenters. The monoisotopic (exact) mass is 179 g/mol. The maximum atomic E-state index is 5.35. The second-order valence-corrected chi connectivity index (χ2v) is 3.89. The zero-order chi connectivity index (χ0) is 8.74. The molecule has 0 aromatic carbocycles. The highest BCUT2D eigenvalue weighted by Gasteiger charge is 2.11. The molecule has 0 bridgehead atoms. The van der Waals surface area contributed by atoms with Crippen molar-refractivity contribution < 1.29 is 4.48 Å². The molecule has 0 aliphatic carbocycles. The Kier molecular flexibility index (Phi) is 5.92. The summed E-state index contributed by atoms with van der Waals surface area (Å²) < 4.78 is 1.11. The standard InChI is InChI=1S/C8H20ClN2/c1-4-7-11(2,3)8-5-6-10-9/h10H,4-8H2,1-3H3/q+1. The van der Waals surface area contributed by atoms with Crippen LogP contribution in [0.1, 0.15) is 19.8 Å². The maximum absolute atomic E-state index is 5.35. The fourth-order valence-corrected chi connectivity index (χ4v) is 1.42. The first-order chi connectivity index (χ1) is 5.12. The summed E-state index contributed by atoms with van der Waals surface area (Å²) in [5.74, 6) is 0. The van der Waals surface area contributed by atoms with Gasteiger partial charge in [-0.25, -0.2) is 4.84 Å². The number of halogens is 1. The largest absolute Gasteiger partial charge is 0.328 e. The third-order valence-corrected chi connectivity index (χ3v) is 2.05. The third kappa shape index (κ3) is 6.60. The van der Waals surface area contributed by atoms with Crippen LogP contribution in [0.15, 0.2) is 0 Å². The van der Waals surface area contributed by atoms with Gasteiger partial charge in [-0.3, -0.25) is 0 Å². The van der Waals surface area contributed by atoms with E-state index in [1.807, 2.05) is 0 Å². The Morgan fingerprint density at radius 3 is 2.36 bits per heavy atom. The van der Waals surface area contributed by atoms with E-state index in [-0.39, 0.29) is 0 Å². The SMILES string of the molecule is CCC[N+](C)(C)CCCNCl. The lowest BCUT2D eigenvalue weighted by Crippen LogP contribution is -2.41. The quantitative estimate of drug-likeness (QED) is 0.371. The van der Waals surface area contributed by atoms with Crippen molar-refractivity contribution in [1.29, 1.82) is 0 Å². The maximum Gasteiger partial charge on any atom is 0.0795 e. The Balaban J connectivity index is 3.38. The molecule has 11 heavy (non-hydrogen) atoms. The Labute approximate surface area is 75.2 Å². The summed E-state index contributed by atoms with van der Waals surface area (Å²) in [5.41, 5.74) is 0. The summed E-state index contributed by atoms with van der Waals surface area (Å²) in [7, 11) is 4.52. The van der Waals surface area contributed by atoms with Gasteiger partial charge in [0.25, 0.3) is 0 Å². The molecular weight excluding hydrogens is 160 g/mol. The number of nitrogens with one attached hydrogen (secondary N) is 1. The highest BCUT2D eigenvalue weighted by Crippen LogP contribution is 2.00. The average molecular weight is 180 g/mol. The van der Waals surface area contributed by atoms with Gasteiger partial charge in [-0.1, -0.05) is 6.92 Å². The molecule has 1 N–H and O–H groups in total. The Bertz CT molecular complexity index is 94.1. The zero-order valence-corrected chi connectivity index (χ0v) is 8.62. The van der Waals surface area contributed by atoms with Gasteiger partial charge in [0.2, 0.25) is 0 Å². The first-order valence-electron chi connectivity index (χ1n) is 4.28. The molecule has 0 amide bonds. The summed E-state index contributed by atoms with van der Waals surface area (Å²) in [4.78, 5) is 2.64. The summed E-state index contributed by atoms with van der Waals surface area (Å²) in [6.45, 7) is 5.59. The van der Waals surface area contributed by atoms with Gasteiger partial charge in [0, 0.05) is 13.0 Å². The van der Waals surface area contributed by atoms with Gasteiger partial charge in [0.05, 0.1) is 27.2 Å². The van der Waals surface area contributed by atoms with Gasteiger partial charge < -0.3 is 4.48 Å². The zero-order valence-electron chi connectivity index (χ0n) is 7.86. The minimum absolute atomic E-state index is 0.910. The molecule has 3 heteroatoms. The Morgan fingerprint density at radius 2 is 1.91 bits per heavy atom. The van der Waals surface area contributed by atoms with Crippen LogP contribution in [0.4, 0.5) is 0 Å². The normalized spacial score (nSPS) is 12.0. The van der Waals surface area contributed by atoms with Crippen LogP contribution < -0.4 is 4.84 Å². The molecule has 0 aromatic rings. The second-order valence-electron chi connectivity index (χ2n) is 3.62. The first-order valence-corrected chi connectivity index (χ1v) is 4.65. The van der Waals surface area contributed by atoms with Crippen LogP contribution in [0, 0.1) is 0 Å². The lowest BCUT2D eigenvalue weighted by molar-refractivity contribution is -0.890. The second kappa shape index (κ2) is 5.81. The minimum atomic E-state index is 0.910. The summed E-state index contributed by atoms with van der Waals surface area (Å²) >= 11 is 5.35. The van der Waals surface area contributed by atoms with Crippen molar-refractivity contribution in [2.75, 3.05) is 33.7 Å². The number of hydrogen-bond acceptors (Lipinski definition) is 1. The lowest BCUT2D eigenvalue weighted by Gasteiger charge is -2.29. The molecular formula is C8H20ClN2+. The van der Waals surface area contributed by atoms with Crippen molar-refractivity contribution in [3.05, 3.63) is 0 Å². The van der Waals surface area contributed by atoms with Crippen LogP contribution in [0.5, 0.6) is 0 Å². The molecule has 2 nitrogen and oxygen atoms in total. The number of nitrogens with zero attached hydrogens (tertiary/aromatic N) is 1. The number of quaternary nitrogens is 1. The van der Waals surface area contributed by atoms with Crippen molar-refractivity contribution in [3.8, 4) is 0 Å². The van der Waals surface area contributed by atoms with Gasteiger partial charge in [0.15, 0.2) is 0 Å². The van der Waals surface area contributed by atoms with E-state index < -0.39 is 0 Å². The van der Waals surface area contributed by atoms with Crippen molar-refractivity contribution in [3.63, 3.8) is 0 Å². The van der Waals surface area contributed by atoms with Crippen molar-refractivity contribution in [2.24, 2.45) is 0 Å². The van der Waals surface area contributed by atoms with Crippen LogP contribution in [0.2, 0.25) is 0 Å². The van der Waals surface area contributed by atoms with E-state index in [1.54, 1.807) is 0 Å². The fourth-order valence-electron chi connectivity index (χ4n) is 1.29. The van der Waals surface area contributed by atoms with Crippen LogP contribution >= 0.6 is 11.8 Å². The predicted octanol–water partition coefficient (Wildman–Crippen LogP) is 1.61. The topological polar surface area (TPSA) is 12.0 Å². The molecule has 0 heterocycles. The van der Waals surface area contributed by atoms with E-state index in [0.717, 1.165) is 17.4 Å². The van der Waals surface area contributed by atoms with Gasteiger partial charge in [-0.15, -0.1) is 0 Å². The van der Waals surface area contributed by atoms with E-state index in [0.29, 0.717) is 0 Å². The average Bonchev–Trinajstić information content (AvgIpc) is 1.87. The van der Waals surface area contributed by atoms with Crippen LogP contribution in [-0.4, -0.2) is 38.2 Å². The molecule has 0 aromatic heterocycles. The molecule has 0 aliphatic rings. The molecule has 0 atom stereocenters. The van der Waals surface area contributed by atoms with Crippen LogP contribution in [0.3, 0.4) is 0 Å². The summed E-state index contributed by atoms with van der Waals surface area (Å²) in [6, 6.07) is 0. The Hall–Kier alpha value is 0.210. The minimum Gasteiger partial charge on any atom is -0.328 e. The molecule has 0 aliphatic heterocycles. The van der Waals surface area contributed by atoms with Gasteiger partial charge in [-0.05, 0) is 18.2 Å². The fraction of sp³-hybridized carbons (Fsp3) is 1.00. The smallest absolute Gasteiger partial charge is 0.0795 e. The molecule has 0 saturated heterocycles. The summed E-state index contributed by atoms with van der Waals surface area (Å²) in [6.07, 6.45) is 2.40. The molecule has 0 spiro atoms. The Morgan fingerprint density at radius 1 is 1.27 bits per heavy atom. The van der Waals surface area contributed by atoms with E-state index in [1.165, 1.54) is 19.5 Å². The number of hydrogen-bond donors (Lipinski definition) is 1. The number of rotatable bonds is 6. The predicted molar refractivity (Wildman–Crippen MR) is 50.6 cm³/mol. The summed E-state index contributed by atoms with van der Waals surface area (Å²) in [5, 5.41) is 0. The third-order valence-electron chi connectivity index (χ3n) is 1.86. The molecule has 0 fully saturated rings. The van der Waals surface area contributed by atoms with Gasteiger partial charge in [0.1, 0.15) is 0 Å². The highest BCUT2D eigenvalue weighted by molar-refractivity contribution is 6.13. The van der Waals surface area contributed by atoms with Crippen LogP contribution in [-0.2, 0) is 0 Å². The van der Waals surface area contributed by atoms with Gasteiger partial charge >= 0.3 is 0 Å². The molecule has 68 valence electrons. The van der Waals surface area contributed by atoms with Crippen molar-refractivity contribution >= 4 is 11.8 Å². The highest BCUT2D eigenvalue weighted by atomic mass is 35.5.